The van der Waals surface area contributed by atoms with Crippen molar-refractivity contribution in [3.8, 4) is 0 Å². The summed E-state index contributed by atoms with van der Waals surface area (Å²) in [4.78, 5) is 19.5. The molecule has 4 heteroatoms. The van der Waals surface area contributed by atoms with Crippen LogP contribution in [0.1, 0.15) is 41.6 Å². The van der Waals surface area contributed by atoms with E-state index < -0.39 is 0 Å². The third kappa shape index (κ3) is 5.02. The van der Waals surface area contributed by atoms with Gasteiger partial charge in [-0.3, -0.25) is 4.79 Å². The summed E-state index contributed by atoms with van der Waals surface area (Å²) in [5.41, 5.74) is 3.14. The molecule has 0 aliphatic carbocycles. The molecule has 0 N–H and O–H groups in total. The number of carbonyl (C=O) groups excluding carboxylic acids is 1. The number of nitrogens with zero attached hydrogens (tertiary/aromatic N) is 2. The Bertz CT molecular complexity index is 786. The van der Waals surface area contributed by atoms with E-state index in [9.17, 15) is 4.79 Å². The van der Waals surface area contributed by atoms with Gasteiger partial charge in [-0.2, -0.15) is 0 Å². The number of benzene rings is 2. The van der Waals surface area contributed by atoms with Crippen LogP contribution in [0.15, 0.2) is 66.0 Å². The van der Waals surface area contributed by atoms with E-state index in [1.807, 2.05) is 46.7 Å². The second-order valence-electron chi connectivity index (χ2n) is 6.73. The van der Waals surface area contributed by atoms with E-state index in [2.05, 4.69) is 43.1 Å². The van der Waals surface area contributed by atoms with Gasteiger partial charge >= 0.3 is 0 Å². The van der Waals surface area contributed by atoms with Crippen molar-refractivity contribution >= 4 is 17.2 Å². The molecule has 3 nitrogen and oxygen atoms in total. The summed E-state index contributed by atoms with van der Waals surface area (Å²) < 4.78 is 0. The summed E-state index contributed by atoms with van der Waals surface area (Å²) in [5, 5.41) is 3.10. The van der Waals surface area contributed by atoms with Crippen molar-refractivity contribution in [2.75, 3.05) is 0 Å². The third-order valence-corrected chi connectivity index (χ3v) is 5.38. The smallest absolute Gasteiger partial charge is 0.229 e. The first-order valence-electron chi connectivity index (χ1n) is 8.91. The molecule has 26 heavy (non-hydrogen) atoms. The number of aromatic nitrogens is 1. The molecule has 0 saturated heterocycles. The highest BCUT2D eigenvalue weighted by Gasteiger charge is 2.17. The van der Waals surface area contributed by atoms with Gasteiger partial charge in [-0.25, -0.2) is 4.98 Å². The predicted molar refractivity (Wildman–Crippen MR) is 107 cm³/mol. The molecule has 0 unspecified atom stereocenters. The minimum atomic E-state index is 0.110. The summed E-state index contributed by atoms with van der Waals surface area (Å²) >= 11 is 1.64. The van der Waals surface area contributed by atoms with Gasteiger partial charge in [0.15, 0.2) is 0 Å². The first-order valence-corrected chi connectivity index (χ1v) is 9.79. The largest absolute Gasteiger partial charge is 0.334 e. The molecule has 134 valence electrons. The number of carbonyl (C=O) groups is 1. The summed E-state index contributed by atoms with van der Waals surface area (Å²) in [7, 11) is 0. The van der Waals surface area contributed by atoms with Crippen LogP contribution in [0.25, 0.3) is 0 Å². The van der Waals surface area contributed by atoms with E-state index in [4.69, 9.17) is 0 Å². The van der Waals surface area contributed by atoms with Gasteiger partial charge in [0.2, 0.25) is 5.91 Å². The lowest BCUT2D eigenvalue weighted by Gasteiger charge is -2.23. The third-order valence-electron chi connectivity index (χ3n) is 4.18. The predicted octanol–water partition coefficient (Wildman–Crippen LogP) is 5.04. The van der Waals surface area contributed by atoms with E-state index in [-0.39, 0.29) is 5.91 Å². The maximum Gasteiger partial charge on any atom is 0.229 e. The Morgan fingerprint density at radius 3 is 1.96 bits per heavy atom. The number of amides is 1. The Labute approximate surface area is 159 Å². The Kier molecular flexibility index (Phi) is 6.18. The molecule has 1 aromatic heterocycles. The Morgan fingerprint density at radius 2 is 1.50 bits per heavy atom. The molecule has 0 bridgehead atoms. The molecule has 2 aromatic carbocycles. The maximum atomic E-state index is 13.0. The molecule has 3 aromatic rings. The second-order valence-corrected chi connectivity index (χ2v) is 7.62. The molecule has 0 atom stereocenters. The molecule has 0 saturated carbocycles. The monoisotopic (exact) mass is 364 g/mol. The minimum Gasteiger partial charge on any atom is -0.334 e. The average Bonchev–Trinajstić information content (AvgIpc) is 3.12. The van der Waals surface area contributed by atoms with Crippen molar-refractivity contribution in [2.24, 2.45) is 0 Å². The SMILES string of the molecule is CC(C)c1nc(CC(=O)N(Cc2ccccc2)Cc2ccccc2)cs1. The summed E-state index contributed by atoms with van der Waals surface area (Å²) in [6.45, 7) is 5.47. The lowest BCUT2D eigenvalue weighted by molar-refractivity contribution is -0.131. The molecule has 1 heterocycles. The van der Waals surface area contributed by atoms with Crippen LogP contribution in [0.2, 0.25) is 0 Å². The zero-order valence-electron chi connectivity index (χ0n) is 15.3. The molecule has 0 fully saturated rings. The van der Waals surface area contributed by atoms with Gasteiger partial charge in [-0.15, -0.1) is 11.3 Å². The van der Waals surface area contributed by atoms with Crippen LogP contribution in [0.5, 0.6) is 0 Å². The number of thiazole rings is 1. The van der Waals surface area contributed by atoms with E-state index >= 15 is 0 Å². The van der Waals surface area contributed by atoms with E-state index in [1.54, 1.807) is 11.3 Å². The molecule has 0 aliphatic heterocycles. The molecular formula is C22H24N2OS. The number of rotatable bonds is 7. The van der Waals surface area contributed by atoms with Crippen LogP contribution >= 0.6 is 11.3 Å². The highest BCUT2D eigenvalue weighted by atomic mass is 32.1. The lowest BCUT2D eigenvalue weighted by atomic mass is 10.1. The number of hydrogen-bond donors (Lipinski definition) is 0. The van der Waals surface area contributed by atoms with Crippen molar-refractivity contribution in [2.45, 2.75) is 39.3 Å². The fraction of sp³-hybridized carbons (Fsp3) is 0.273. The van der Waals surface area contributed by atoms with Crippen molar-refractivity contribution in [3.05, 3.63) is 87.9 Å². The van der Waals surface area contributed by atoms with Crippen LogP contribution in [0.3, 0.4) is 0 Å². The van der Waals surface area contributed by atoms with Crippen LogP contribution < -0.4 is 0 Å². The van der Waals surface area contributed by atoms with Crippen molar-refractivity contribution in [1.82, 2.24) is 9.88 Å². The van der Waals surface area contributed by atoms with Gasteiger partial charge in [0.05, 0.1) is 17.1 Å². The van der Waals surface area contributed by atoms with Crippen molar-refractivity contribution < 1.29 is 4.79 Å². The highest BCUT2D eigenvalue weighted by molar-refractivity contribution is 7.09. The molecular weight excluding hydrogens is 340 g/mol. The molecule has 3 rings (SSSR count). The summed E-state index contributed by atoms with van der Waals surface area (Å²) in [6.07, 6.45) is 0.350. The fourth-order valence-electron chi connectivity index (χ4n) is 2.78. The van der Waals surface area contributed by atoms with Gasteiger partial charge < -0.3 is 4.90 Å². The summed E-state index contributed by atoms with van der Waals surface area (Å²) in [5.74, 6) is 0.506. The van der Waals surface area contributed by atoms with Gasteiger partial charge in [0.25, 0.3) is 0 Å². The summed E-state index contributed by atoms with van der Waals surface area (Å²) in [6, 6.07) is 20.3. The van der Waals surface area contributed by atoms with Crippen LogP contribution in [0, 0.1) is 0 Å². The lowest BCUT2D eigenvalue weighted by Crippen LogP contribution is -2.31. The second kappa shape index (κ2) is 8.77. The minimum absolute atomic E-state index is 0.110. The van der Waals surface area contributed by atoms with Gasteiger partial charge in [0.1, 0.15) is 0 Å². The Hall–Kier alpha value is -2.46. The highest BCUT2D eigenvalue weighted by Crippen LogP contribution is 2.20. The fourth-order valence-corrected chi connectivity index (χ4v) is 3.61. The standard InChI is InChI=1S/C22H24N2OS/c1-17(2)22-23-20(16-26-22)13-21(25)24(14-18-9-5-3-6-10-18)15-19-11-7-4-8-12-19/h3-12,16-17H,13-15H2,1-2H3. The Balaban J connectivity index is 1.75. The van der Waals surface area contributed by atoms with Gasteiger partial charge in [0, 0.05) is 24.4 Å². The molecule has 0 aliphatic rings. The first kappa shape index (κ1) is 18.3. The van der Waals surface area contributed by atoms with Crippen LogP contribution in [-0.2, 0) is 24.3 Å². The number of hydrogen-bond acceptors (Lipinski definition) is 3. The zero-order valence-corrected chi connectivity index (χ0v) is 16.1. The average molecular weight is 365 g/mol. The quantitative estimate of drug-likeness (QED) is 0.588. The molecule has 0 radical (unpaired) electrons. The van der Waals surface area contributed by atoms with Crippen molar-refractivity contribution in [3.63, 3.8) is 0 Å². The van der Waals surface area contributed by atoms with Gasteiger partial charge in [-0.05, 0) is 11.1 Å². The van der Waals surface area contributed by atoms with Gasteiger partial charge in [-0.1, -0.05) is 74.5 Å². The van der Waals surface area contributed by atoms with E-state index in [0.717, 1.165) is 21.8 Å². The Morgan fingerprint density at radius 1 is 0.962 bits per heavy atom. The first-order chi connectivity index (χ1) is 12.6. The maximum absolute atomic E-state index is 13.0. The topological polar surface area (TPSA) is 33.2 Å². The van der Waals surface area contributed by atoms with Crippen LogP contribution in [-0.4, -0.2) is 15.8 Å². The molecule has 1 amide bonds. The van der Waals surface area contributed by atoms with E-state index in [0.29, 0.717) is 25.4 Å². The zero-order chi connectivity index (χ0) is 18.4. The normalized spacial score (nSPS) is 10.9. The van der Waals surface area contributed by atoms with E-state index in [1.165, 1.54) is 0 Å². The van der Waals surface area contributed by atoms with Crippen LogP contribution in [0.4, 0.5) is 0 Å². The van der Waals surface area contributed by atoms with Crippen molar-refractivity contribution in [1.29, 1.82) is 0 Å². The molecule has 0 spiro atoms.